The monoisotopic (exact) mass is 559 g/mol. The van der Waals surface area contributed by atoms with Crippen LogP contribution in [-0.2, 0) is 26.2 Å². The maximum absolute atomic E-state index is 14.0. The lowest BCUT2D eigenvalue weighted by atomic mass is 9.95. The Morgan fingerprint density at radius 1 is 1.05 bits per heavy atom. The van der Waals surface area contributed by atoms with E-state index in [1.165, 1.54) is 4.90 Å². The van der Waals surface area contributed by atoms with Crippen LogP contribution in [0.5, 0.6) is 11.5 Å². The number of para-hydroxylation sites is 2. The quantitative estimate of drug-likeness (QED) is 0.396. The van der Waals surface area contributed by atoms with E-state index in [0.29, 0.717) is 24.5 Å². The molecule has 3 rings (SSSR count). The Balaban J connectivity index is 1.96. The fourth-order valence-electron chi connectivity index (χ4n) is 4.97. The zero-order valence-corrected chi connectivity index (χ0v) is 24.2. The first-order chi connectivity index (χ1) is 18.7. The predicted octanol–water partition coefficient (Wildman–Crippen LogP) is 4.12. The van der Waals surface area contributed by atoms with E-state index in [0.717, 1.165) is 48.2 Å². The Hall–Kier alpha value is -3.27. The molecule has 1 aliphatic rings. The summed E-state index contributed by atoms with van der Waals surface area (Å²) in [5.74, 6) is 0.282. The fourth-order valence-corrected chi connectivity index (χ4v) is 5.82. The van der Waals surface area contributed by atoms with Gasteiger partial charge in [0, 0.05) is 12.6 Å². The number of sulfonamides is 1. The highest BCUT2D eigenvalue weighted by atomic mass is 32.2. The van der Waals surface area contributed by atoms with Crippen LogP contribution in [0.25, 0.3) is 0 Å². The number of ether oxygens (including phenoxy) is 2. The molecule has 0 radical (unpaired) electrons. The highest BCUT2D eigenvalue weighted by Crippen LogP contribution is 2.30. The second-order valence-corrected chi connectivity index (χ2v) is 11.7. The van der Waals surface area contributed by atoms with Gasteiger partial charge >= 0.3 is 0 Å². The third-order valence-electron chi connectivity index (χ3n) is 6.94. The lowest BCUT2D eigenvalue weighted by Gasteiger charge is -2.34. The smallest absolute Gasteiger partial charge is 0.244 e. The topological polar surface area (TPSA) is 105 Å². The maximum Gasteiger partial charge on any atom is 0.244 e. The summed E-state index contributed by atoms with van der Waals surface area (Å²) in [5, 5.41) is 3.15. The lowest BCUT2D eigenvalue weighted by Crippen LogP contribution is -2.54. The van der Waals surface area contributed by atoms with Crippen LogP contribution < -0.4 is 19.1 Å². The first-order valence-corrected chi connectivity index (χ1v) is 15.4. The van der Waals surface area contributed by atoms with Gasteiger partial charge in [0.25, 0.3) is 0 Å². The molecule has 39 heavy (non-hydrogen) atoms. The minimum Gasteiger partial charge on any atom is -0.497 e. The third-order valence-corrected chi connectivity index (χ3v) is 8.06. The summed E-state index contributed by atoms with van der Waals surface area (Å²) in [7, 11) is -2.30. The molecule has 1 unspecified atom stereocenters. The molecule has 0 bridgehead atoms. The van der Waals surface area contributed by atoms with Crippen LogP contribution in [-0.4, -0.2) is 63.7 Å². The number of hydrogen-bond acceptors (Lipinski definition) is 6. The Bertz CT molecular complexity index is 1210. The van der Waals surface area contributed by atoms with E-state index in [-0.39, 0.29) is 24.2 Å². The molecule has 2 amide bonds. The molecule has 0 spiro atoms. The molecule has 9 nitrogen and oxygen atoms in total. The van der Waals surface area contributed by atoms with Crippen molar-refractivity contribution in [3.8, 4) is 11.5 Å². The Labute approximate surface area is 232 Å². The molecule has 1 fully saturated rings. The zero-order valence-electron chi connectivity index (χ0n) is 23.4. The maximum atomic E-state index is 14.0. The molecule has 0 aliphatic heterocycles. The summed E-state index contributed by atoms with van der Waals surface area (Å²) in [6.45, 7) is 3.65. The van der Waals surface area contributed by atoms with Crippen molar-refractivity contribution in [1.82, 2.24) is 10.2 Å². The number of methoxy groups -OCH3 is 1. The predicted molar refractivity (Wildman–Crippen MR) is 152 cm³/mol. The zero-order chi connectivity index (χ0) is 28.4. The molecule has 1 N–H and O–H groups in total. The van der Waals surface area contributed by atoms with E-state index in [2.05, 4.69) is 5.32 Å². The summed E-state index contributed by atoms with van der Waals surface area (Å²) >= 11 is 0. The van der Waals surface area contributed by atoms with E-state index in [1.54, 1.807) is 44.4 Å². The van der Waals surface area contributed by atoms with Crippen molar-refractivity contribution in [2.45, 2.75) is 71.0 Å². The normalized spacial score (nSPS) is 14.8. The number of rotatable bonds is 13. The lowest BCUT2D eigenvalue weighted by molar-refractivity contribution is -0.140. The number of carbonyl (C=O) groups excluding carboxylic acids is 2. The van der Waals surface area contributed by atoms with Crippen molar-refractivity contribution < 1.29 is 27.5 Å². The number of benzene rings is 2. The number of nitrogens with one attached hydrogen (secondary N) is 1. The number of hydrogen-bond donors (Lipinski definition) is 1. The number of carbonyl (C=O) groups is 2. The molecule has 2 aromatic carbocycles. The highest BCUT2D eigenvalue weighted by molar-refractivity contribution is 7.92. The van der Waals surface area contributed by atoms with Crippen LogP contribution >= 0.6 is 0 Å². The Kier molecular flexibility index (Phi) is 11.0. The molecular formula is C29H41N3O6S. The number of amides is 2. The van der Waals surface area contributed by atoms with Crippen LogP contribution in [0.15, 0.2) is 48.5 Å². The summed E-state index contributed by atoms with van der Waals surface area (Å²) in [6.07, 6.45) is 6.57. The molecule has 10 heteroatoms. The van der Waals surface area contributed by atoms with Gasteiger partial charge in [-0.2, -0.15) is 0 Å². The van der Waals surface area contributed by atoms with Gasteiger partial charge in [-0.15, -0.1) is 0 Å². The average Bonchev–Trinajstić information content (AvgIpc) is 2.92. The second kappa shape index (κ2) is 14.2. The fraction of sp³-hybridized carbons (Fsp3) is 0.517. The molecule has 1 atom stereocenters. The summed E-state index contributed by atoms with van der Waals surface area (Å²) in [5.41, 5.74) is 1.04. The summed E-state index contributed by atoms with van der Waals surface area (Å²) < 4.78 is 37.9. The van der Waals surface area contributed by atoms with Crippen molar-refractivity contribution >= 4 is 27.5 Å². The van der Waals surface area contributed by atoms with Crippen molar-refractivity contribution in [2.75, 3.05) is 30.8 Å². The number of nitrogens with zero attached hydrogens (tertiary/aromatic N) is 2. The molecular weight excluding hydrogens is 518 g/mol. The van der Waals surface area contributed by atoms with Crippen LogP contribution in [0.2, 0.25) is 0 Å². The van der Waals surface area contributed by atoms with Gasteiger partial charge in [-0.25, -0.2) is 8.42 Å². The largest absolute Gasteiger partial charge is 0.497 e. The average molecular weight is 560 g/mol. The van der Waals surface area contributed by atoms with Crippen molar-refractivity contribution in [3.63, 3.8) is 0 Å². The SMILES string of the molecule is CCOc1ccccc1N(CC(=O)N(Cc1cccc(OC)c1)C(CC)C(=O)NC1CCCCC1)S(C)(=O)=O. The van der Waals surface area contributed by atoms with E-state index in [9.17, 15) is 18.0 Å². The first kappa shape index (κ1) is 30.3. The van der Waals surface area contributed by atoms with Crippen LogP contribution in [0, 0.1) is 0 Å². The molecule has 214 valence electrons. The van der Waals surface area contributed by atoms with E-state index < -0.39 is 28.5 Å². The molecule has 1 aliphatic carbocycles. The van der Waals surface area contributed by atoms with Gasteiger partial charge in [0.2, 0.25) is 21.8 Å². The van der Waals surface area contributed by atoms with Gasteiger partial charge in [-0.05, 0) is 56.0 Å². The van der Waals surface area contributed by atoms with Crippen LogP contribution in [0.1, 0.15) is 57.9 Å². The molecule has 0 aromatic heterocycles. The van der Waals surface area contributed by atoms with Gasteiger partial charge in [-0.1, -0.05) is 50.5 Å². The Morgan fingerprint density at radius 3 is 2.41 bits per heavy atom. The first-order valence-electron chi connectivity index (χ1n) is 13.6. The second-order valence-electron chi connectivity index (χ2n) is 9.81. The summed E-state index contributed by atoms with van der Waals surface area (Å²) in [4.78, 5) is 29.0. The minimum atomic E-state index is -3.86. The third kappa shape index (κ3) is 8.36. The minimum absolute atomic E-state index is 0.0830. The molecule has 1 saturated carbocycles. The van der Waals surface area contributed by atoms with E-state index in [4.69, 9.17) is 9.47 Å². The van der Waals surface area contributed by atoms with E-state index in [1.807, 2.05) is 25.1 Å². The van der Waals surface area contributed by atoms with Gasteiger partial charge in [-0.3, -0.25) is 13.9 Å². The molecule has 2 aromatic rings. The van der Waals surface area contributed by atoms with Crippen LogP contribution in [0.3, 0.4) is 0 Å². The standard InChI is InChI=1S/C29H41N3O6S/c1-5-25(29(34)30-23-14-8-7-9-15-23)31(20-22-13-12-16-24(19-22)37-3)28(33)21-32(39(4,35)36)26-17-10-11-18-27(26)38-6-2/h10-13,16-19,23,25H,5-9,14-15,20-21H2,1-4H3,(H,30,34). The summed E-state index contributed by atoms with van der Waals surface area (Å²) in [6, 6.07) is 13.3. The van der Waals surface area contributed by atoms with Gasteiger partial charge < -0.3 is 19.7 Å². The van der Waals surface area contributed by atoms with Crippen molar-refractivity contribution in [1.29, 1.82) is 0 Å². The molecule has 0 saturated heterocycles. The van der Waals surface area contributed by atoms with Crippen molar-refractivity contribution in [3.05, 3.63) is 54.1 Å². The van der Waals surface area contributed by atoms with Gasteiger partial charge in [0.15, 0.2) is 0 Å². The molecule has 0 heterocycles. The van der Waals surface area contributed by atoms with Gasteiger partial charge in [0.05, 0.1) is 25.7 Å². The van der Waals surface area contributed by atoms with Crippen LogP contribution in [0.4, 0.5) is 5.69 Å². The van der Waals surface area contributed by atoms with E-state index >= 15 is 0 Å². The number of anilines is 1. The Morgan fingerprint density at radius 2 is 1.77 bits per heavy atom. The highest BCUT2D eigenvalue weighted by Gasteiger charge is 2.33. The van der Waals surface area contributed by atoms with Crippen molar-refractivity contribution in [2.24, 2.45) is 0 Å². The van der Waals surface area contributed by atoms with Gasteiger partial charge in [0.1, 0.15) is 24.1 Å².